The second kappa shape index (κ2) is 16.0. The summed E-state index contributed by atoms with van der Waals surface area (Å²) >= 11 is 0. The highest BCUT2D eigenvalue weighted by Gasteiger charge is 2.34. The van der Waals surface area contributed by atoms with Crippen molar-refractivity contribution in [3.05, 3.63) is 71.8 Å². The third-order valence-corrected chi connectivity index (χ3v) is 10.1. The highest BCUT2D eigenvalue weighted by Crippen LogP contribution is 2.42. The van der Waals surface area contributed by atoms with Crippen LogP contribution >= 0.6 is 0 Å². The molecule has 248 valence electrons. The molecule has 2 heterocycles. The first kappa shape index (κ1) is 33.2. The van der Waals surface area contributed by atoms with Crippen molar-refractivity contribution < 1.29 is 18.6 Å². The monoisotopic (exact) mass is 632 g/mol. The molecule has 4 aromatic carbocycles. The molecule has 2 aliphatic heterocycles. The van der Waals surface area contributed by atoms with Gasteiger partial charge in [0.2, 0.25) is 11.4 Å². The van der Waals surface area contributed by atoms with Crippen molar-refractivity contribution in [3.63, 3.8) is 0 Å². The van der Waals surface area contributed by atoms with E-state index in [1.807, 2.05) is 0 Å². The third kappa shape index (κ3) is 6.84. The van der Waals surface area contributed by atoms with E-state index in [1.54, 1.807) is 0 Å². The molecule has 2 aliphatic rings. The Morgan fingerprint density at radius 2 is 0.915 bits per heavy atom. The molecule has 0 saturated heterocycles. The zero-order valence-corrected chi connectivity index (χ0v) is 29.5. The van der Waals surface area contributed by atoms with Gasteiger partial charge in [-0.05, 0) is 49.9 Å². The summed E-state index contributed by atoms with van der Waals surface area (Å²) in [6.45, 7) is 12.8. The van der Waals surface area contributed by atoms with Crippen LogP contribution in [0.5, 0.6) is 11.5 Å². The van der Waals surface area contributed by atoms with Gasteiger partial charge in [-0.2, -0.15) is 9.15 Å². The van der Waals surface area contributed by atoms with E-state index in [0.29, 0.717) is 0 Å². The fraction of sp³-hybridized carbons (Fsp3) is 0.488. The first-order valence-electron chi connectivity index (χ1n) is 18.9. The summed E-state index contributed by atoms with van der Waals surface area (Å²) in [6.07, 6.45) is 15.2. The predicted octanol–water partition coefficient (Wildman–Crippen LogP) is 11.5. The normalized spacial score (nSPS) is 13.5. The number of unbranched alkanes of at least 4 members (excludes halogenated alkanes) is 6. The predicted molar refractivity (Wildman–Crippen MR) is 199 cm³/mol. The second-order valence-electron chi connectivity index (χ2n) is 13.5. The van der Waals surface area contributed by atoms with E-state index in [-0.39, 0.29) is 0 Å². The van der Waals surface area contributed by atoms with Crippen LogP contribution in [0.4, 0.5) is 11.4 Å². The van der Waals surface area contributed by atoms with E-state index in [0.717, 1.165) is 76.3 Å². The highest BCUT2D eigenvalue weighted by molar-refractivity contribution is 6.17. The first-order chi connectivity index (χ1) is 23.2. The Hall–Kier alpha value is -3.66. The van der Waals surface area contributed by atoms with E-state index >= 15 is 0 Å². The average molecular weight is 633 g/mol. The van der Waals surface area contributed by atoms with Gasteiger partial charge in [0.05, 0.1) is 35.1 Å². The Morgan fingerprint density at radius 3 is 1.34 bits per heavy atom. The lowest BCUT2D eigenvalue weighted by Crippen LogP contribution is -2.16. The quantitative estimate of drug-likeness (QED) is 0.0715. The molecule has 4 aromatic rings. The van der Waals surface area contributed by atoms with Crippen molar-refractivity contribution in [1.82, 2.24) is 0 Å². The van der Waals surface area contributed by atoms with E-state index in [2.05, 4.69) is 97.5 Å². The molecule has 0 atom stereocenters. The minimum absolute atomic E-state index is 0.785. The van der Waals surface area contributed by atoms with Crippen LogP contribution < -0.4 is 9.47 Å². The molecule has 0 aliphatic carbocycles. The fourth-order valence-electron chi connectivity index (χ4n) is 7.58. The Balaban J connectivity index is 1.18. The summed E-state index contributed by atoms with van der Waals surface area (Å²) in [5.74, 6) is 2.07. The average Bonchev–Trinajstić information content (AvgIpc) is 3.57. The molecule has 0 fully saturated rings. The maximum absolute atomic E-state index is 6.28. The maximum Gasteiger partial charge on any atom is 0.214 e. The Bertz CT molecular complexity index is 1640. The van der Waals surface area contributed by atoms with Gasteiger partial charge < -0.3 is 9.47 Å². The molecule has 0 aromatic heterocycles. The summed E-state index contributed by atoms with van der Waals surface area (Å²) < 4.78 is 17.8. The molecule has 4 heteroatoms. The number of rotatable bonds is 20. The summed E-state index contributed by atoms with van der Waals surface area (Å²) in [4.78, 5) is 0. The van der Waals surface area contributed by atoms with Crippen LogP contribution in [0.25, 0.3) is 21.5 Å². The molecule has 6 rings (SSSR count). The van der Waals surface area contributed by atoms with Gasteiger partial charge in [-0.3, -0.25) is 0 Å². The standard InChI is InChI=1S/C43H56N2O2/c1-5-9-28-44-36(32-18-16-20-34-40(46-30-11-7-3)26-24-38(44)42(32)34)22-14-13-15-23-37-33-19-17-21-35-41(47-31-12-8-4)27-25-39(43(33)35)45(37)29-10-6-2/h16-21,24-27H,5-15,22-23,28-31H2,1-4H3/q+2. The van der Waals surface area contributed by atoms with Crippen molar-refractivity contribution in [2.45, 2.75) is 111 Å². The van der Waals surface area contributed by atoms with E-state index < -0.39 is 0 Å². The minimum Gasteiger partial charge on any atom is -0.493 e. The van der Waals surface area contributed by atoms with Crippen LogP contribution in [0.15, 0.2) is 60.7 Å². The van der Waals surface area contributed by atoms with Gasteiger partial charge in [-0.1, -0.05) is 84.1 Å². The zero-order chi connectivity index (χ0) is 32.6. The molecule has 0 amide bonds. The second-order valence-corrected chi connectivity index (χ2v) is 13.5. The summed E-state index contributed by atoms with van der Waals surface area (Å²) in [5.41, 5.74) is 8.61. The number of hydrogen-bond donors (Lipinski definition) is 0. The van der Waals surface area contributed by atoms with Crippen LogP contribution in [0.3, 0.4) is 0 Å². The number of nitrogens with zero attached hydrogens (tertiary/aromatic N) is 2. The molecule has 0 spiro atoms. The largest absolute Gasteiger partial charge is 0.493 e. The van der Waals surface area contributed by atoms with Crippen molar-refractivity contribution in [3.8, 4) is 11.5 Å². The molecule has 47 heavy (non-hydrogen) atoms. The molecule has 4 nitrogen and oxygen atoms in total. The Morgan fingerprint density at radius 1 is 0.468 bits per heavy atom. The fourth-order valence-corrected chi connectivity index (χ4v) is 7.58. The van der Waals surface area contributed by atoms with Gasteiger partial charge in [0.25, 0.3) is 0 Å². The Labute approximate surface area is 283 Å². The SMILES string of the molecule is CCCCOc1ccc2c3c(cccc13)C(CCCCCC1=[N+](CCCC)c3ccc(OCCCC)c4cccc1c34)=[N+]2CCCC. The topological polar surface area (TPSA) is 24.5 Å². The highest BCUT2D eigenvalue weighted by atomic mass is 16.5. The summed E-state index contributed by atoms with van der Waals surface area (Å²) in [5, 5.41) is 5.32. The summed E-state index contributed by atoms with van der Waals surface area (Å²) in [7, 11) is 0. The van der Waals surface area contributed by atoms with Crippen LogP contribution in [-0.4, -0.2) is 46.9 Å². The minimum atomic E-state index is 0.785. The van der Waals surface area contributed by atoms with E-state index in [4.69, 9.17) is 9.47 Å². The Kier molecular flexibility index (Phi) is 11.3. The van der Waals surface area contributed by atoms with Crippen LogP contribution in [0.1, 0.15) is 122 Å². The lowest BCUT2D eigenvalue weighted by molar-refractivity contribution is -0.438. The maximum atomic E-state index is 6.28. The molecule has 0 unspecified atom stereocenters. The first-order valence-corrected chi connectivity index (χ1v) is 18.9. The van der Waals surface area contributed by atoms with Gasteiger partial charge >= 0.3 is 0 Å². The smallest absolute Gasteiger partial charge is 0.214 e. The van der Waals surface area contributed by atoms with Gasteiger partial charge in [0.15, 0.2) is 11.4 Å². The van der Waals surface area contributed by atoms with Crippen molar-refractivity contribution in [2.75, 3.05) is 26.3 Å². The third-order valence-electron chi connectivity index (χ3n) is 10.1. The van der Waals surface area contributed by atoms with Crippen molar-refractivity contribution in [2.24, 2.45) is 0 Å². The van der Waals surface area contributed by atoms with Gasteiger partial charge in [0, 0.05) is 48.6 Å². The van der Waals surface area contributed by atoms with Crippen molar-refractivity contribution in [1.29, 1.82) is 0 Å². The van der Waals surface area contributed by atoms with Gasteiger partial charge in [0.1, 0.15) is 24.6 Å². The number of hydrogen-bond acceptors (Lipinski definition) is 2. The number of benzene rings is 4. The van der Waals surface area contributed by atoms with Gasteiger partial charge in [-0.25, -0.2) is 0 Å². The summed E-state index contributed by atoms with van der Waals surface area (Å²) in [6, 6.07) is 22.7. The van der Waals surface area contributed by atoms with E-state index in [9.17, 15) is 0 Å². The molecular weight excluding hydrogens is 576 g/mol. The molecular formula is C43H56N2O2+2. The number of ether oxygens (including phenoxy) is 2. The molecule has 0 radical (unpaired) electrons. The zero-order valence-electron chi connectivity index (χ0n) is 29.5. The van der Waals surface area contributed by atoms with Crippen LogP contribution in [-0.2, 0) is 0 Å². The lowest BCUT2D eigenvalue weighted by Gasteiger charge is -2.09. The van der Waals surface area contributed by atoms with Gasteiger partial charge in [-0.15, -0.1) is 0 Å². The molecule has 0 N–H and O–H groups in total. The molecule has 0 bridgehead atoms. The molecule has 0 saturated carbocycles. The van der Waals surface area contributed by atoms with E-state index in [1.165, 1.54) is 100 Å². The van der Waals surface area contributed by atoms with Crippen LogP contribution in [0.2, 0.25) is 0 Å². The van der Waals surface area contributed by atoms with Crippen molar-refractivity contribution >= 4 is 44.3 Å². The lowest BCUT2D eigenvalue weighted by atomic mass is 9.97. The van der Waals surface area contributed by atoms with Crippen LogP contribution in [0, 0.1) is 0 Å².